The number of primary sulfonamides is 1. The number of benzene rings is 1. The molecular weight excluding hydrogens is 276 g/mol. The first-order valence-electron chi connectivity index (χ1n) is 6.82. The van der Waals surface area contributed by atoms with Crippen molar-refractivity contribution < 1.29 is 8.42 Å². The molecule has 1 fully saturated rings. The molecule has 112 valence electrons. The molecule has 0 saturated carbocycles. The van der Waals surface area contributed by atoms with E-state index in [9.17, 15) is 8.42 Å². The van der Waals surface area contributed by atoms with Gasteiger partial charge in [0.2, 0.25) is 10.0 Å². The van der Waals surface area contributed by atoms with Crippen LogP contribution < -0.4 is 16.2 Å². The number of likely N-dealkylation sites (tertiary alicyclic amines) is 1. The Kier molecular flexibility index (Phi) is 4.52. The SMILES string of the molecule is CCN1CCCC1CNc1cccc(S(N)(=O)=O)c1N. The van der Waals surface area contributed by atoms with Crippen LogP contribution in [0.25, 0.3) is 0 Å². The van der Waals surface area contributed by atoms with Crippen molar-refractivity contribution >= 4 is 21.4 Å². The number of rotatable bonds is 5. The van der Waals surface area contributed by atoms with Gasteiger partial charge < -0.3 is 11.1 Å². The van der Waals surface area contributed by atoms with Crippen LogP contribution >= 0.6 is 0 Å². The van der Waals surface area contributed by atoms with E-state index in [1.54, 1.807) is 12.1 Å². The second kappa shape index (κ2) is 5.99. The molecule has 1 saturated heterocycles. The van der Waals surface area contributed by atoms with Crippen LogP contribution in [0.3, 0.4) is 0 Å². The Balaban J connectivity index is 2.11. The summed E-state index contributed by atoms with van der Waals surface area (Å²) in [5.74, 6) is 0. The molecule has 1 aliphatic rings. The van der Waals surface area contributed by atoms with Crippen molar-refractivity contribution in [3.8, 4) is 0 Å². The Bertz CT molecular complexity index is 574. The lowest BCUT2D eigenvalue weighted by Crippen LogP contribution is -2.34. The summed E-state index contributed by atoms with van der Waals surface area (Å²) in [6.07, 6.45) is 2.35. The Morgan fingerprint density at radius 1 is 1.45 bits per heavy atom. The van der Waals surface area contributed by atoms with Crippen molar-refractivity contribution in [2.45, 2.75) is 30.7 Å². The van der Waals surface area contributed by atoms with Crippen molar-refractivity contribution in [3.05, 3.63) is 18.2 Å². The van der Waals surface area contributed by atoms with Gasteiger partial charge in [-0.2, -0.15) is 0 Å². The molecule has 1 aliphatic heterocycles. The van der Waals surface area contributed by atoms with E-state index in [2.05, 4.69) is 17.1 Å². The largest absolute Gasteiger partial charge is 0.396 e. The topological polar surface area (TPSA) is 101 Å². The van der Waals surface area contributed by atoms with Crippen molar-refractivity contribution in [1.82, 2.24) is 4.90 Å². The van der Waals surface area contributed by atoms with Crippen LogP contribution in [-0.2, 0) is 10.0 Å². The van der Waals surface area contributed by atoms with Gasteiger partial charge in [-0.1, -0.05) is 13.0 Å². The van der Waals surface area contributed by atoms with Gasteiger partial charge in [-0.05, 0) is 38.1 Å². The maximum atomic E-state index is 11.4. The van der Waals surface area contributed by atoms with Crippen molar-refractivity contribution in [1.29, 1.82) is 0 Å². The zero-order valence-electron chi connectivity index (χ0n) is 11.7. The number of sulfonamides is 1. The van der Waals surface area contributed by atoms with E-state index in [0.29, 0.717) is 11.7 Å². The highest BCUT2D eigenvalue weighted by molar-refractivity contribution is 7.89. The number of nitrogens with zero attached hydrogens (tertiary/aromatic N) is 1. The van der Waals surface area contributed by atoms with Gasteiger partial charge in [-0.3, -0.25) is 4.90 Å². The van der Waals surface area contributed by atoms with E-state index in [4.69, 9.17) is 10.9 Å². The third kappa shape index (κ3) is 3.23. The van der Waals surface area contributed by atoms with E-state index < -0.39 is 10.0 Å². The maximum absolute atomic E-state index is 11.4. The molecule has 1 aromatic carbocycles. The predicted octanol–water partition coefficient (Wildman–Crippen LogP) is 0.812. The fourth-order valence-electron chi connectivity index (χ4n) is 2.72. The molecule has 6 nitrogen and oxygen atoms in total. The summed E-state index contributed by atoms with van der Waals surface area (Å²) in [6.45, 7) is 5.05. The van der Waals surface area contributed by atoms with Crippen molar-refractivity contribution in [2.24, 2.45) is 5.14 Å². The quantitative estimate of drug-likeness (QED) is 0.698. The average Bonchev–Trinajstić information content (AvgIpc) is 2.83. The minimum Gasteiger partial charge on any atom is -0.396 e. The molecule has 0 aromatic heterocycles. The van der Waals surface area contributed by atoms with Crippen molar-refractivity contribution in [2.75, 3.05) is 30.7 Å². The van der Waals surface area contributed by atoms with Gasteiger partial charge in [0.25, 0.3) is 0 Å². The highest BCUT2D eigenvalue weighted by atomic mass is 32.2. The van der Waals surface area contributed by atoms with Crippen LogP contribution in [0.1, 0.15) is 19.8 Å². The van der Waals surface area contributed by atoms with Gasteiger partial charge in [0, 0.05) is 12.6 Å². The van der Waals surface area contributed by atoms with Gasteiger partial charge in [0.05, 0.1) is 11.4 Å². The molecule has 20 heavy (non-hydrogen) atoms. The number of nitrogens with two attached hydrogens (primary N) is 2. The summed E-state index contributed by atoms with van der Waals surface area (Å²) >= 11 is 0. The molecule has 1 atom stereocenters. The van der Waals surface area contributed by atoms with Gasteiger partial charge in [-0.15, -0.1) is 0 Å². The van der Waals surface area contributed by atoms with Gasteiger partial charge in [-0.25, -0.2) is 13.6 Å². The second-order valence-electron chi connectivity index (χ2n) is 5.07. The van der Waals surface area contributed by atoms with E-state index in [0.717, 1.165) is 26.1 Å². The monoisotopic (exact) mass is 298 g/mol. The number of hydrogen-bond donors (Lipinski definition) is 3. The molecule has 5 N–H and O–H groups in total. The molecule has 1 unspecified atom stereocenters. The minimum absolute atomic E-state index is 0.0266. The summed E-state index contributed by atoms with van der Waals surface area (Å²) < 4.78 is 22.9. The summed E-state index contributed by atoms with van der Waals surface area (Å²) in [5, 5.41) is 8.39. The molecule has 0 spiro atoms. The summed E-state index contributed by atoms with van der Waals surface area (Å²) in [4.78, 5) is 2.38. The van der Waals surface area contributed by atoms with Crippen LogP contribution in [0.2, 0.25) is 0 Å². The first-order valence-corrected chi connectivity index (χ1v) is 8.37. The normalized spacial score (nSPS) is 20.2. The predicted molar refractivity (Wildman–Crippen MR) is 81.0 cm³/mol. The summed E-state index contributed by atoms with van der Waals surface area (Å²) in [6, 6.07) is 5.31. The third-order valence-corrected chi connectivity index (χ3v) is 4.78. The zero-order valence-corrected chi connectivity index (χ0v) is 12.5. The minimum atomic E-state index is -3.78. The molecule has 1 heterocycles. The lowest BCUT2D eigenvalue weighted by Gasteiger charge is -2.24. The Labute approximate surface area is 120 Å². The molecule has 7 heteroatoms. The van der Waals surface area contributed by atoms with Crippen LogP contribution in [-0.4, -0.2) is 39.0 Å². The number of para-hydroxylation sites is 1. The van der Waals surface area contributed by atoms with E-state index in [-0.39, 0.29) is 10.6 Å². The Morgan fingerprint density at radius 2 is 2.20 bits per heavy atom. The number of nitrogens with one attached hydrogen (secondary N) is 1. The zero-order chi connectivity index (χ0) is 14.8. The number of hydrogen-bond acceptors (Lipinski definition) is 5. The molecule has 0 aliphatic carbocycles. The lowest BCUT2D eigenvalue weighted by molar-refractivity contribution is 0.277. The standard InChI is InChI=1S/C13H22N4O2S/c1-2-17-8-4-5-10(17)9-16-11-6-3-7-12(13(11)14)20(15,18)19/h3,6-7,10,16H,2,4-5,8-9,14H2,1H3,(H2,15,18,19). The molecule has 0 radical (unpaired) electrons. The lowest BCUT2D eigenvalue weighted by atomic mass is 10.2. The van der Waals surface area contributed by atoms with Gasteiger partial charge in [0.15, 0.2) is 0 Å². The third-order valence-electron chi connectivity index (χ3n) is 3.81. The number of likely N-dealkylation sites (N-methyl/N-ethyl adjacent to an activating group) is 1. The van der Waals surface area contributed by atoms with Gasteiger partial charge >= 0.3 is 0 Å². The first-order chi connectivity index (χ1) is 9.43. The van der Waals surface area contributed by atoms with E-state index in [1.807, 2.05) is 0 Å². The van der Waals surface area contributed by atoms with Crippen LogP contribution in [0.5, 0.6) is 0 Å². The fourth-order valence-corrected chi connectivity index (χ4v) is 3.40. The smallest absolute Gasteiger partial charge is 0.240 e. The molecule has 1 aromatic rings. The number of anilines is 2. The highest BCUT2D eigenvalue weighted by Crippen LogP contribution is 2.26. The van der Waals surface area contributed by atoms with E-state index in [1.165, 1.54) is 12.5 Å². The fraction of sp³-hybridized carbons (Fsp3) is 0.538. The maximum Gasteiger partial charge on any atom is 0.240 e. The van der Waals surface area contributed by atoms with E-state index >= 15 is 0 Å². The first kappa shape index (κ1) is 15.1. The molecular formula is C13H22N4O2S. The van der Waals surface area contributed by atoms with Crippen LogP contribution in [0.15, 0.2) is 23.1 Å². The number of nitrogen functional groups attached to an aromatic ring is 1. The van der Waals surface area contributed by atoms with Gasteiger partial charge in [0.1, 0.15) is 4.90 Å². The molecule has 0 bridgehead atoms. The molecule has 0 amide bonds. The Morgan fingerprint density at radius 3 is 2.85 bits per heavy atom. The van der Waals surface area contributed by atoms with Crippen LogP contribution in [0.4, 0.5) is 11.4 Å². The summed E-state index contributed by atoms with van der Waals surface area (Å²) in [5.41, 5.74) is 6.70. The van der Waals surface area contributed by atoms with Crippen molar-refractivity contribution in [3.63, 3.8) is 0 Å². The van der Waals surface area contributed by atoms with Crippen LogP contribution in [0, 0.1) is 0 Å². The highest BCUT2D eigenvalue weighted by Gasteiger charge is 2.23. The summed E-state index contributed by atoms with van der Waals surface area (Å²) in [7, 11) is -3.78. The molecule has 2 rings (SSSR count). The average molecular weight is 298 g/mol. The second-order valence-corrected chi connectivity index (χ2v) is 6.60. The Hall–Kier alpha value is -1.31.